The summed E-state index contributed by atoms with van der Waals surface area (Å²) in [5, 5.41) is 0.152. The highest BCUT2D eigenvalue weighted by molar-refractivity contribution is 6.72. The Kier molecular flexibility index (Phi) is 5.45. The zero-order chi connectivity index (χ0) is 14.0. The van der Waals surface area contributed by atoms with Crippen LogP contribution in [-0.2, 0) is 8.85 Å². The Balaban J connectivity index is 3.08. The molecule has 0 N–H and O–H groups in total. The Morgan fingerprint density at radius 1 is 1.00 bits per heavy atom. The summed E-state index contributed by atoms with van der Waals surface area (Å²) in [6.45, 7) is 11.7. The maximum atomic E-state index is 6.12. The molecule has 1 fully saturated rings. The quantitative estimate of drug-likeness (QED) is 0.650. The SMILES string of the molecule is CO[Si](OC)(C1CCCC1)C(C)(C)C(C)C(C)C. The fourth-order valence-electron chi connectivity index (χ4n) is 3.93. The molecule has 2 nitrogen and oxygen atoms in total. The molecule has 3 heteroatoms. The molecule has 0 aromatic carbocycles. The minimum Gasteiger partial charge on any atom is -0.397 e. The number of rotatable bonds is 6. The van der Waals surface area contributed by atoms with Crippen LogP contribution in [0.5, 0.6) is 0 Å². The molecule has 0 amide bonds. The van der Waals surface area contributed by atoms with Crippen molar-refractivity contribution in [2.24, 2.45) is 11.8 Å². The zero-order valence-corrected chi connectivity index (χ0v) is 14.4. The number of hydrogen-bond donors (Lipinski definition) is 0. The molecular weight excluding hydrogens is 240 g/mol. The molecule has 0 bridgehead atoms. The summed E-state index contributed by atoms with van der Waals surface area (Å²) in [5.74, 6) is 1.28. The Morgan fingerprint density at radius 3 is 1.78 bits per heavy atom. The Labute approximate surface area is 115 Å². The van der Waals surface area contributed by atoms with Gasteiger partial charge in [0.2, 0.25) is 0 Å². The van der Waals surface area contributed by atoms with Gasteiger partial charge in [-0.25, -0.2) is 0 Å². The summed E-state index contributed by atoms with van der Waals surface area (Å²) < 4.78 is 12.2. The topological polar surface area (TPSA) is 18.5 Å². The highest BCUT2D eigenvalue weighted by atomic mass is 28.4. The Morgan fingerprint density at radius 2 is 1.44 bits per heavy atom. The predicted octanol–water partition coefficient (Wildman–Crippen LogP) is 4.74. The average molecular weight is 273 g/mol. The van der Waals surface area contributed by atoms with Gasteiger partial charge in [0.1, 0.15) is 0 Å². The Hall–Kier alpha value is 0.137. The second-order valence-electron chi connectivity index (χ2n) is 6.81. The van der Waals surface area contributed by atoms with Gasteiger partial charge in [-0.3, -0.25) is 0 Å². The molecule has 0 heterocycles. The summed E-state index contributed by atoms with van der Waals surface area (Å²) in [4.78, 5) is 0. The van der Waals surface area contributed by atoms with Crippen molar-refractivity contribution < 1.29 is 8.85 Å². The third kappa shape index (κ3) is 2.54. The molecule has 0 saturated heterocycles. The van der Waals surface area contributed by atoms with Gasteiger partial charge < -0.3 is 8.85 Å². The van der Waals surface area contributed by atoms with Gasteiger partial charge >= 0.3 is 8.56 Å². The van der Waals surface area contributed by atoms with Crippen molar-refractivity contribution in [1.82, 2.24) is 0 Å². The molecular formula is C15H32O2Si. The van der Waals surface area contributed by atoms with Crippen LogP contribution in [0.25, 0.3) is 0 Å². The molecule has 1 atom stereocenters. The molecule has 0 spiro atoms. The van der Waals surface area contributed by atoms with E-state index in [0.29, 0.717) is 17.4 Å². The van der Waals surface area contributed by atoms with Crippen LogP contribution in [0.15, 0.2) is 0 Å². The van der Waals surface area contributed by atoms with Crippen molar-refractivity contribution in [1.29, 1.82) is 0 Å². The zero-order valence-electron chi connectivity index (χ0n) is 13.4. The second-order valence-corrected chi connectivity index (χ2v) is 11.1. The van der Waals surface area contributed by atoms with Crippen LogP contribution >= 0.6 is 0 Å². The second kappa shape index (κ2) is 6.06. The normalized spacial score (nSPS) is 20.7. The van der Waals surface area contributed by atoms with E-state index >= 15 is 0 Å². The monoisotopic (exact) mass is 272 g/mol. The minimum absolute atomic E-state index is 0.152. The lowest BCUT2D eigenvalue weighted by atomic mass is 9.86. The van der Waals surface area contributed by atoms with E-state index in [9.17, 15) is 0 Å². The first-order valence-corrected chi connectivity index (χ1v) is 9.33. The van der Waals surface area contributed by atoms with E-state index in [1.807, 2.05) is 14.2 Å². The highest BCUT2D eigenvalue weighted by Crippen LogP contribution is 2.56. The summed E-state index contributed by atoms with van der Waals surface area (Å²) in [5.41, 5.74) is 0.670. The van der Waals surface area contributed by atoms with Crippen molar-refractivity contribution in [3.63, 3.8) is 0 Å². The first-order chi connectivity index (χ1) is 8.33. The van der Waals surface area contributed by atoms with Crippen molar-refractivity contribution in [3.05, 3.63) is 0 Å². The van der Waals surface area contributed by atoms with E-state index in [2.05, 4.69) is 34.6 Å². The third-order valence-electron chi connectivity index (χ3n) is 5.54. The van der Waals surface area contributed by atoms with Crippen LogP contribution in [-0.4, -0.2) is 22.8 Å². The molecule has 0 aliphatic heterocycles. The van der Waals surface area contributed by atoms with E-state index in [1.54, 1.807) is 0 Å². The van der Waals surface area contributed by atoms with Crippen LogP contribution in [0.3, 0.4) is 0 Å². The maximum absolute atomic E-state index is 6.12. The van der Waals surface area contributed by atoms with Gasteiger partial charge in [0, 0.05) is 24.8 Å². The first-order valence-electron chi connectivity index (χ1n) is 7.43. The van der Waals surface area contributed by atoms with E-state index < -0.39 is 8.56 Å². The lowest BCUT2D eigenvalue weighted by molar-refractivity contribution is 0.161. The highest BCUT2D eigenvalue weighted by Gasteiger charge is 2.59. The summed E-state index contributed by atoms with van der Waals surface area (Å²) in [6.07, 6.45) is 5.28. The Bertz CT molecular complexity index is 253. The van der Waals surface area contributed by atoms with Gasteiger partial charge in [0.05, 0.1) is 0 Å². The standard InChI is InChI=1S/C15H32O2Si/c1-12(2)13(3)15(4,5)18(16-6,17-7)14-10-8-9-11-14/h12-14H,8-11H2,1-7H3. The van der Waals surface area contributed by atoms with Crippen LogP contribution in [0.2, 0.25) is 10.6 Å². The summed E-state index contributed by atoms with van der Waals surface area (Å²) in [6, 6.07) is 0. The maximum Gasteiger partial charge on any atom is 0.346 e. The molecule has 1 aliphatic rings. The van der Waals surface area contributed by atoms with Gasteiger partial charge in [-0.2, -0.15) is 0 Å². The molecule has 1 unspecified atom stereocenters. The molecule has 108 valence electrons. The molecule has 18 heavy (non-hydrogen) atoms. The predicted molar refractivity (Wildman–Crippen MR) is 80.0 cm³/mol. The van der Waals surface area contributed by atoms with E-state index in [4.69, 9.17) is 8.85 Å². The molecule has 0 aromatic heterocycles. The van der Waals surface area contributed by atoms with Crippen LogP contribution in [0, 0.1) is 11.8 Å². The van der Waals surface area contributed by atoms with Crippen molar-refractivity contribution >= 4 is 8.56 Å². The van der Waals surface area contributed by atoms with Crippen molar-refractivity contribution in [2.75, 3.05) is 14.2 Å². The summed E-state index contributed by atoms with van der Waals surface area (Å²) >= 11 is 0. The van der Waals surface area contributed by atoms with Crippen molar-refractivity contribution in [2.45, 2.75) is 70.9 Å². The fraction of sp³-hybridized carbons (Fsp3) is 1.00. The molecule has 1 aliphatic carbocycles. The van der Waals surface area contributed by atoms with Crippen LogP contribution in [0.1, 0.15) is 60.3 Å². The first kappa shape index (κ1) is 16.2. The van der Waals surface area contributed by atoms with Crippen LogP contribution in [0.4, 0.5) is 0 Å². The lowest BCUT2D eigenvalue weighted by Crippen LogP contribution is -2.56. The van der Waals surface area contributed by atoms with Gasteiger partial charge in [-0.1, -0.05) is 47.5 Å². The number of hydrogen-bond acceptors (Lipinski definition) is 2. The van der Waals surface area contributed by atoms with Gasteiger partial charge in [0.15, 0.2) is 0 Å². The average Bonchev–Trinajstić information content (AvgIpc) is 2.84. The largest absolute Gasteiger partial charge is 0.397 e. The minimum atomic E-state index is -2.16. The van der Waals surface area contributed by atoms with Gasteiger partial charge in [0.25, 0.3) is 0 Å². The molecule has 1 rings (SSSR count). The fourth-order valence-corrected chi connectivity index (χ4v) is 9.00. The van der Waals surface area contributed by atoms with E-state index in [-0.39, 0.29) is 5.04 Å². The van der Waals surface area contributed by atoms with Gasteiger partial charge in [-0.05, 0) is 24.7 Å². The van der Waals surface area contributed by atoms with Crippen molar-refractivity contribution in [3.8, 4) is 0 Å². The van der Waals surface area contributed by atoms with E-state index in [0.717, 1.165) is 0 Å². The van der Waals surface area contributed by atoms with Crippen LogP contribution < -0.4 is 0 Å². The third-order valence-corrected chi connectivity index (χ3v) is 10.7. The summed E-state index contributed by atoms with van der Waals surface area (Å²) in [7, 11) is 1.59. The lowest BCUT2D eigenvalue weighted by Gasteiger charge is -2.49. The molecule has 0 aromatic rings. The molecule has 0 radical (unpaired) electrons. The van der Waals surface area contributed by atoms with Gasteiger partial charge in [-0.15, -0.1) is 0 Å². The smallest absolute Gasteiger partial charge is 0.346 e. The molecule has 1 saturated carbocycles. The van der Waals surface area contributed by atoms with E-state index in [1.165, 1.54) is 25.7 Å².